The van der Waals surface area contributed by atoms with Crippen LogP contribution < -0.4 is 9.47 Å². The van der Waals surface area contributed by atoms with Crippen LogP contribution >= 0.6 is 0 Å². The number of ether oxygens (including phenoxy) is 3. The van der Waals surface area contributed by atoms with Crippen molar-refractivity contribution < 1.29 is 23.8 Å². The molecule has 0 aromatic heterocycles. The number of ketones is 1. The van der Waals surface area contributed by atoms with E-state index in [0.717, 1.165) is 44.2 Å². The van der Waals surface area contributed by atoms with Gasteiger partial charge in [0.05, 0.1) is 31.8 Å². The van der Waals surface area contributed by atoms with E-state index in [1.165, 1.54) is 0 Å². The highest BCUT2D eigenvalue weighted by Gasteiger charge is 2.52. The summed E-state index contributed by atoms with van der Waals surface area (Å²) in [4.78, 5) is 31.0. The summed E-state index contributed by atoms with van der Waals surface area (Å²) in [7, 11) is 7.22. The van der Waals surface area contributed by atoms with Gasteiger partial charge in [0.25, 0.3) is 5.91 Å². The predicted octanol–water partition coefficient (Wildman–Crippen LogP) is 2.95. The van der Waals surface area contributed by atoms with Crippen molar-refractivity contribution in [3.63, 3.8) is 0 Å². The third-order valence-corrected chi connectivity index (χ3v) is 6.59. The molecule has 3 aliphatic rings. The highest BCUT2D eigenvalue weighted by atomic mass is 16.5. The summed E-state index contributed by atoms with van der Waals surface area (Å²) in [6.07, 6.45) is 4.31. The van der Waals surface area contributed by atoms with Crippen molar-refractivity contribution in [2.45, 2.75) is 44.2 Å². The second kappa shape index (κ2) is 8.91. The monoisotopic (exact) mass is 428 g/mol. The molecule has 0 spiro atoms. The van der Waals surface area contributed by atoms with Crippen molar-refractivity contribution in [3.8, 4) is 11.5 Å². The SMILES string of the molecule is COc1ccc(OC)c(C2C3=C(OC4CCCCC4C3=O)C(=O)N2CCCN(C)C)c1. The summed E-state index contributed by atoms with van der Waals surface area (Å²) in [5.41, 5.74) is 1.25. The van der Waals surface area contributed by atoms with Crippen molar-refractivity contribution in [1.82, 2.24) is 9.80 Å². The van der Waals surface area contributed by atoms with E-state index in [1.807, 2.05) is 32.3 Å². The molecule has 1 saturated carbocycles. The average Bonchev–Trinajstić information content (AvgIpc) is 3.05. The second-order valence-corrected chi connectivity index (χ2v) is 8.82. The number of nitrogens with zero attached hydrogens (tertiary/aromatic N) is 2. The Kier molecular flexibility index (Phi) is 6.23. The lowest BCUT2D eigenvalue weighted by Crippen LogP contribution is -2.39. The normalized spacial score (nSPS) is 25.5. The lowest BCUT2D eigenvalue weighted by atomic mass is 9.77. The number of benzene rings is 1. The zero-order valence-corrected chi connectivity index (χ0v) is 18.8. The highest BCUT2D eigenvalue weighted by Crippen LogP contribution is 2.49. The number of hydrogen-bond donors (Lipinski definition) is 0. The van der Waals surface area contributed by atoms with Crippen LogP contribution in [0.2, 0.25) is 0 Å². The van der Waals surface area contributed by atoms with E-state index < -0.39 is 6.04 Å². The molecule has 31 heavy (non-hydrogen) atoms. The van der Waals surface area contributed by atoms with Crippen LogP contribution in [0.4, 0.5) is 0 Å². The van der Waals surface area contributed by atoms with Gasteiger partial charge < -0.3 is 24.0 Å². The van der Waals surface area contributed by atoms with Crippen LogP contribution in [0.1, 0.15) is 43.7 Å². The van der Waals surface area contributed by atoms with Gasteiger partial charge in [0.2, 0.25) is 0 Å². The molecule has 7 nitrogen and oxygen atoms in total. The minimum absolute atomic E-state index is 0.0595. The van der Waals surface area contributed by atoms with Gasteiger partial charge in [-0.25, -0.2) is 0 Å². The van der Waals surface area contributed by atoms with Gasteiger partial charge in [0.1, 0.15) is 17.6 Å². The summed E-state index contributed by atoms with van der Waals surface area (Å²) >= 11 is 0. The molecule has 2 aliphatic heterocycles. The van der Waals surface area contributed by atoms with Crippen LogP contribution in [0, 0.1) is 5.92 Å². The smallest absolute Gasteiger partial charge is 0.290 e. The van der Waals surface area contributed by atoms with E-state index in [0.29, 0.717) is 23.6 Å². The Morgan fingerprint density at radius 1 is 1.13 bits per heavy atom. The molecule has 0 bridgehead atoms. The van der Waals surface area contributed by atoms with Gasteiger partial charge in [-0.15, -0.1) is 0 Å². The molecular formula is C24H32N2O5. The molecule has 4 rings (SSSR count). The molecule has 7 heteroatoms. The van der Waals surface area contributed by atoms with Gasteiger partial charge in [-0.3, -0.25) is 9.59 Å². The first-order chi connectivity index (χ1) is 15.0. The number of amides is 1. The predicted molar refractivity (Wildman–Crippen MR) is 116 cm³/mol. The van der Waals surface area contributed by atoms with E-state index in [9.17, 15) is 9.59 Å². The lowest BCUT2D eigenvalue weighted by Gasteiger charge is -2.35. The topological polar surface area (TPSA) is 68.3 Å². The Bertz CT molecular complexity index is 894. The van der Waals surface area contributed by atoms with Crippen LogP contribution in [0.25, 0.3) is 0 Å². The lowest BCUT2D eigenvalue weighted by molar-refractivity contribution is -0.135. The van der Waals surface area contributed by atoms with Crippen molar-refractivity contribution in [2.75, 3.05) is 41.4 Å². The van der Waals surface area contributed by atoms with Crippen molar-refractivity contribution in [3.05, 3.63) is 35.1 Å². The number of rotatable bonds is 7. The van der Waals surface area contributed by atoms with Crippen molar-refractivity contribution in [2.24, 2.45) is 5.92 Å². The molecule has 3 unspecified atom stereocenters. The van der Waals surface area contributed by atoms with E-state index >= 15 is 0 Å². The summed E-state index contributed by atoms with van der Waals surface area (Å²) in [6.45, 7) is 1.37. The van der Waals surface area contributed by atoms with Gasteiger partial charge in [0, 0.05) is 12.1 Å². The van der Waals surface area contributed by atoms with E-state index in [2.05, 4.69) is 4.90 Å². The molecule has 1 fully saturated rings. The van der Waals surface area contributed by atoms with E-state index in [4.69, 9.17) is 14.2 Å². The standard InChI is InChI=1S/C24H32N2O5/c1-25(2)12-7-13-26-21(17-14-15(29-3)10-11-18(17)30-4)20-22(27)16-8-5-6-9-19(16)31-23(20)24(26)28/h10-11,14,16,19,21H,5-9,12-13H2,1-4H3. The fourth-order valence-corrected chi connectivity index (χ4v) is 5.06. The van der Waals surface area contributed by atoms with E-state index in [1.54, 1.807) is 19.1 Å². The molecule has 1 aromatic carbocycles. The van der Waals surface area contributed by atoms with Crippen LogP contribution in [0.15, 0.2) is 29.5 Å². The van der Waals surface area contributed by atoms with Gasteiger partial charge in [0.15, 0.2) is 11.5 Å². The molecule has 0 N–H and O–H groups in total. The molecule has 0 radical (unpaired) electrons. The number of carbonyl (C=O) groups excluding carboxylic acids is 2. The van der Waals surface area contributed by atoms with Crippen LogP contribution in [0.3, 0.4) is 0 Å². The minimum Gasteiger partial charge on any atom is -0.497 e. The number of fused-ring (bicyclic) bond motifs is 1. The first-order valence-electron chi connectivity index (χ1n) is 11.1. The van der Waals surface area contributed by atoms with Crippen LogP contribution in [0.5, 0.6) is 11.5 Å². The van der Waals surface area contributed by atoms with Gasteiger partial charge >= 0.3 is 0 Å². The third-order valence-electron chi connectivity index (χ3n) is 6.59. The molecule has 1 aromatic rings. The van der Waals surface area contributed by atoms with Gasteiger partial charge in [-0.05, 0) is 64.5 Å². The van der Waals surface area contributed by atoms with Gasteiger partial charge in [-0.1, -0.05) is 6.42 Å². The summed E-state index contributed by atoms with van der Waals surface area (Å²) in [5.74, 6) is 1.23. The fraction of sp³-hybridized carbons (Fsp3) is 0.583. The maximum atomic E-state index is 13.7. The maximum Gasteiger partial charge on any atom is 0.290 e. The second-order valence-electron chi connectivity index (χ2n) is 8.82. The maximum absolute atomic E-state index is 13.7. The third kappa shape index (κ3) is 3.91. The Morgan fingerprint density at radius 2 is 1.90 bits per heavy atom. The molecule has 1 amide bonds. The van der Waals surface area contributed by atoms with Crippen LogP contribution in [-0.4, -0.2) is 69.0 Å². The Morgan fingerprint density at radius 3 is 2.61 bits per heavy atom. The number of carbonyl (C=O) groups is 2. The zero-order chi connectivity index (χ0) is 22.1. The molecule has 1 aliphatic carbocycles. The molecular weight excluding hydrogens is 396 g/mol. The molecule has 3 atom stereocenters. The summed E-state index contributed by atoms with van der Waals surface area (Å²) in [5, 5.41) is 0. The Balaban J connectivity index is 1.78. The van der Waals surface area contributed by atoms with Crippen LogP contribution in [-0.2, 0) is 14.3 Å². The fourth-order valence-electron chi connectivity index (χ4n) is 5.06. The first kappa shape index (κ1) is 21.7. The number of methoxy groups -OCH3 is 2. The minimum atomic E-state index is -0.523. The summed E-state index contributed by atoms with van der Waals surface area (Å²) in [6, 6.07) is 4.99. The molecule has 0 saturated heterocycles. The van der Waals surface area contributed by atoms with Crippen molar-refractivity contribution in [1.29, 1.82) is 0 Å². The summed E-state index contributed by atoms with van der Waals surface area (Å²) < 4.78 is 17.3. The highest BCUT2D eigenvalue weighted by molar-refractivity contribution is 6.11. The Labute approximate surface area is 183 Å². The molecule has 168 valence electrons. The zero-order valence-electron chi connectivity index (χ0n) is 18.8. The van der Waals surface area contributed by atoms with Crippen molar-refractivity contribution >= 4 is 11.7 Å². The number of hydrogen-bond acceptors (Lipinski definition) is 6. The number of Topliss-reactive ketones (excluding diaryl/α,β-unsaturated/α-hetero) is 1. The molecule has 2 heterocycles. The largest absolute Gasteiger partial charge is 0.497 e. The van der Waals surface area contributed by atoms with E-state index in [-0.39, 0.29) is 29.5 Å². The Hall–Kier alpha value is -2.54. The first-order valence-corrected chi connectivity index (χ1v) is 11.1. The average molecular weight is 429 g/mol. The van der Waals surface area contributed by atoms with Gasteiger partial charge in [-0.2, -0.15) is 0 Å². The quantitative estimate of drug-likeness (QED) is 0.665.